The van der Waals surface area contributed by atoms with Crippen molar-refractivity contribution in [3.05, 3.63) is 92.7 Å². The minimum Gasteiger partial charge on any atom is -0.326 e. The Morgan fingerprint density at radius 1 is 0.812 bits per heavy atom. The summed E-state index contributed by atoms with van der Waals surface area (Å²) in [5.41, 5.74) is 1.75. The molecule has 2 amide bonds. The predicted molar refractivity (Wildman–Crippen MR) is 127 cm³/mol. The fourth-order valence-electron chi connectivity index (χ4n) is 3.47. The fraction of sp³-hybridized carbons (Fsp3) is 0.130. The summed E-state index contributed by atoms with van der Waals surface area (Å²) in [4.78, 5) is 25.4. The molecule has 4 rings (SSSR count). The highest BCUT2D eigenvalue weighted by Gasteiger charge is 2.54. The van der Waals surface area contributed by atoms with Crippen LogP contribution < -0.4 is 10.6 Å². The van der Waals surface area contributed by atoms with Gasteiger partial charge in [-0.15, -0.1) is 11.6 Å². The smallest absolute Gasteiger partial charge is 0.257 e. The van der Waals surface area contributed by atoms with Gasteiger partial charge in [-0.3, -0.25) is 9.59 Å². The summed E-state index contributed by atoms with van der Waals surface area (Å²) in [5, 5.41) is 6.16. The van der Waals surface area contributed by atoms with Crippen molar-refractivity contribution in [3.63, 3.8) is 0 Å². The van der Waals surface area contributed by atoms with Crippen LogP contribution in [0.15, 0.2) is 60.7 Å². The molecule has 0 spiro atoms. The molecule has 9 heteroatoms. The second-order valence-corrected chi connectivity index (χ2v) is 9.13. The Balaban J connectivity index is 1.47. The van der Waals surface area contributed by atoms with Crippen molar-refractivity contribution in [2.45, 2.75) is 11.3 Å². The van der Waals surface area contributed by atoms with Gasteiger partial charge in [0.25, 0.3) is 5.91 Å². The van der Waals surface area contributed by atoms with Crippen molar-refractivity contribution in [1.82, 2.24) is 0 Å². The number of hydrogen-bond donors (Lipinski definition) is 2. The molecule has 2 N–H and O–H groups in total. The zero-order valence-corrected chi connectivity index (χ0v) is 19.2. The highest BCUT2D eigenvalue weighted by Crippen LogP contribution is 2.53. The SMILES string of the molecule is O=C(Nc1ccc(F)cc1)c1cc(NC(=O)C2C(c3cc(Cl)cc(Cl)c3)[C@H]2Cl)ccc1Cl. The van der Waals surface area contributed by atoms with E-state index in [9.17, 15) is 14.0 Å². The van der Waals surface area contributed by atoms with Crippen LogP contribution in [0.2, 0.25) is 15.1 Å². The molecule has 0 bridgehead atoms. The number of halogens is 5. The molecule has 3 atom stereocenters. The van der Waals surface area contributed by atoms with E-state index in [0.29, 0.717) is 21.4 Å². The lowest BCUT2D eigenvalue weighted by atomic mass is 10.1. The van der Waals surface area contributed by atoms with E-state index in [1.54, 1.807) is 24.3 Å². The molecule has 0 heterocycles. The molecule has 0 saturated heterocycles. The number of amides is 2. The largest absolute Gasteiger partial charge is 0.326 e. The predicted octanol–water partition coefficient (Wildman–Crippen LogP) is 7.00. The maximum absolute atomic E-state index is 13.1. The minimum atomic E-state index is -0.495. The molecule has 164 valence electrons. The van der Waals surface area contributed by atoms with Crippen molar-refractivity contribution in [3.8, 4) is 0 Å². The van der Waals surface area contributed by atoms with Crippen LogP contribution in [-0.2, 0) is 4.79 Å². The Labute approximate surface area is 203 Å². The third-order valence-corrected chi connectivity index (χ3v) is 6.39. The first-order valence-corrected chi connectivity index (χ1v) is 11.1. The van der Waals surface area contributed by atoms with E-state index in [1.807, 2.05) is 0 Å². The summed E-state index contributed by atoms with van der Waals surface area (Å²) in [6.07, 6.45) is 0. The summed E-state index contributed by atoms with van der Waals surface area (Å²) in [6.45, 7) is 0. The van der Waals surface area contributed by atoms with Gasteiger partial charge in [0.15, 0.2) is 0 Å². The molecule has 3 aromatic rings. The zero-order chi connectivity index (χ0) is 23.0. The van der Waals surface area contributed by atoms with Gasteiger partial charge in [-0.2, -0.15) is 0 Å². The zero-order valence-electron chi connectivity index (χ0n) is 16.2. The van der Waals surface area contributed by atoms with Crippen molar-refractivity contribution >= 4 is 69.6 Å². The number of nitrogens with one attached hydrogen (secondary N) is 2. The average Bonchev–Trinajstić information content (AvgIpc) is 3.41. The average molecular weight is 512 g/mol. The van der Waals surface area contributed by atoms with Crippen molar-refractivity contribution in [2.24, 2.45) is 5.92 Å². The lowest BCUT2D eigenvalue weighted by Crippen LogP contribution is -2.17. The lowest BCUT2D eigenvalue weighted by molar-refractivity contribution is -0.117. The van der Waals surface area contributed by atoms with Gasteiger partial charge in [0, 0.05) is 27.3 Å². The summed E-state index contributed by atoms with van der Waals surface area (Å²) >= 11 is 24.7. The minimum absolute atomic E-state index is 0.158. The van der Waals surface area contributed by atoms with Crippen LogP contribution in [0.3, 0.4) is 0 Å². The Bertz CT molecular complexity index is 1180. The highest BCUT2D eigenvalue weighted by molar-refractivity contribution is 6.35. The molecule has 4 nitrogen and oxygen atoms in total. The van der Waals surface area contributed by atoms with Gasteiger partial charge in [0.1, 0.15) is 5.82 Å². The molecule has 1 aliphatic carbocycles. The molecule has 0 aliphatic heterocycles. The Hall–Kier alpha value is -2.31. The molecular formula is C23H15Cl4FN2O2. The summed E-state index contributed by atoms with van der Waals surface area (Å²) in [7, 11) is 0. The Kier molecular flexibility index (Phi) is 6.63. The molecule has 0 radical (unpaired) electrons. The monoisotopic (exact) mass is 510 g/mol. The molecule has 0 aromatic heterocycles. The van der Waals surface area contributed by atoms with Gasteiger partial charge >= 0.3 is 0 Å². The number of rotatable bonds is 5. The second-order valence-electron chi connectivity index (χ2n) is 7.34. The van der Waals surface area contributed by atoms with E-state index >= 15 is 0 Å². The van der Waals surface area contributed by atoms with Gasteiger partial charge in [0.05, 0.1) is 21.9 Å². The van der Waals surface area contributed by atoms with Gasteiger partial charge in [0.2, 0.25) is 5.91 Å². The van der Waals surface area contributed by atoms with Crippen molar-refractivity contribution in [2.75, 3.05) is 10.6 Å². The van der Waals surface area contributed by atoms with E-state index in [0.717, 1.165) is 5.56 Å². The number of anilines is 2. The lowest BCUT2D eigenvalue weighted by Gasteiger charge is -2.10. The third kappa shape index (κ3) is 5.02. The summed E-state index contributed by atoms with van der Waals surface area (Å²) in [6, 6.07) is 15.0. The summed E-state index contributed by atoms with van der Waals surface area (Å²) in [5.74, 6) is -1.90. The Morgan fingerprint density at radius 3 is 2.09 bits per heavy atom. The molecule has 1 saturated carbocycles. The van der Waals surface area contributed by atoms with E-state index < -0.39 is 23.0 Å². The molecular weight excluding hydrogens is 497 g/mol. The number of benzene rings is 3. The number of carbonyl (C=O) groups excluding carboxylic acids is 2. The van der Waals surface area contributed by atoms with Gasteiger partial charge < -0.3 is 10.6 Å². The van der Waals surface area contributed by atoms with Crippen LogP contribution in [0, 0.1) is 11.7 Å². The Morgan fingerprint density at radius 2 is 1.44 bits per heavy atom. The van der Waals surface area contributed by atoms with Gasteiger partial charge in [-0.05, 0) is 66.2 Å². The third-order valence-electron chi connectivity index (χ3n) is 5.09. The van der Waals surface area contributed by atoms with Crippen LogP contribution in [0.25, 0.3) is 0 Å². The standard InChI is InChI=1S/C23H15Cl4FN2O2/c24-12-7-11(8-13(25)9-12)19-20(21(19)27)23(32)30-16-5-6-18(26)17(10-16)22(31)29-15-3-1-14(28)2-4-15/h1-10,19-21H,(H,29,31)(H,30,32)/t19?,20?,21-/m1/s1. The van der Waals surface area contributed by atoms with Gasteiger partial charge in [-0.25, -0.2) is 4.39 Å². The fourth-order valence-corrected chi connectivity index (χ4v) is 4.71. The number of carbonyl (C=O) groups is 2. The van der Waals surface area contributed by atoms with Crippen LogP contribution in [0.1, 0.15) is 21.8 Å². The molecule has 2 unspecified atom stereocenters. The molecule has 1 fully saturated rings. The highest BCUT2D eigenvalue weighted by atomic mass is 35.5. The number of alkyl halides is 1. The first kappa shape index (κ1) is 22.9. The first-order valence-electron chi connectivity index (χ1n) is 9.50. The topological polar surface area (TPSA) is 58.2 Å². The quantitative estimate of drug-likeness (QED) is 0.362. The van der Waals surface area contributed by atoms with Crippen LogP contribution in [0.5, 0.6) is 0 Å². The van der Waals surface area contributed by atoms with Crippen molar-refractivity contribution < 1.29 is 14.0 Å². The maximum atomic E-state index is 13.1. The molecule has 3 aromatic carbocycles. The van der Waals surface area contributed by atoms with Crippen LogP contribution in [-0.4, -0.2) is 17.2 Å². The number of hydrogen-bond acceptors (Lipinski definition) is 2. The first-order chi connectivity index (χ1) is 15.2. The van der Waals surface area contributed by atoms with Crippen LogP contribution >= 0.6 is 46.4 Å². The normalized spacial score (nSPS) is 19.3. The molecule has 32 heavy (non-hydrogen) atoms. The molecule has 1 aliphatic rings. The van der Waals surface area contributed by atoms with E-state index in [-0.39, 0.29) is 22.4 Å². The van der Waals surface area contributed by atoms with Crippen molar-refractivity contribution in [1.29, 1.82) is 0 Å². The van der Waals surface area contributed by atoms with E-state index in [1.165, 1.54) is 36.4 Å². The maximum Gasteiger partial charge on any atom is 0.257 e. The van der Waals surface area contributed by atoms with Crippen LogP contribution in [0.4, 0.5) is 15.8 Å². The van der Waals surface area contributed by atoms with E-state index in [4.69, 9.17) is 46.4 Å². The summed E-state index contributed by atoms with van der Waals surface area (Å²) < 4.78 is 13.1. The van der Waals surface area contributed by atoms with E-state index in [2.05, 4.69) is 10.6 Å². The van der Waals surface area contributed by atoms with Gasteiger partial charge in [-0.1, -0.05) is 34.8 Å². The second kappa shape index (κ2) is 9.28.